The van der Waals surface area contributed by atoms with Gasteiger partial charge in [-0.05, 0) is 73.9 Å². The first-order chi connectivity index (χ1) is 16.8. The number of allylic oxidation sites excluding steroid dienone is 2. The van der Waals surface area contributed by atoms with E-state index < -0.39 is 17.3 Å². The summed E-state index contributed by atoms with van der Waals surface area (Å²) in [6.45, 7) is 5.02. The monoisotopic (exact) mass is 489 g/mol. The summed E-state index contributed by atoms with van der Waals surface area (Å²) in [6.07, 6.45) is 8.97. The number of aromatic nitrogens is 1. The van der Waals surface area contributed by atoms with E-state index in [1.807, 2.05) is 29.3 Å². The second kappa shape index (κ2) is 8.86. The van der Waals surface area contributed by atoms with Gasteiger partial charge < -0.3 is 14.8 Å². The van der Waals surface area contributed by atoms with Crippen LogP contribution >= 0.6 is 11.6 Å². The summed E-state index contributed by atoms with van der Waals surface area (Å²) in [5, 5.41) is 2.99. The highest BCUT2D eigenvalue weighted by Crippen LogP contribution is 2.38. The van der Waals surface area contributed by atoms with E-state index in [9.17, 15) is 14.0 Å². The average molecular weight is 490 g/mol. The molecule has 1 aliphatic heterocycles. The number of carbonyl (C=O) groups is 2. The molecule has 1 aliphatic carbocycles. The van der Waals surface area contributed by atoms with E-state index >= 15 is 0 Å². The first kappa shape index (κ1) is 23.1. The summed E-state index contributed by atoms with van der Waals surface area (Å²) in [5.74, 6) is -1.10. The van der Waals surface area contributed by atoms with Crippen LogP contribution in [0.25, 0.3) is 0 Å². The lowest BCUT2D eigenvalue weighted by Crippen LogP contribution is -2.50. The van der Waals surface area contributed by atoms with Crippen molar-refractivity contribution >= 4 is 29.1 Å². The number of hydrogen-bond donors (Lipinski definition) is 1. The number of benzene rings is 2. The topological polar surface area (TPSA) is 54.3 Å². The number of aryl methyl sites for hydroxylation is 1. The van der Waals surface area contributed by atoms with Gasteiger partial charge in [0.1, 0.15) is 5.82 Å². The zero-order valence-electron chi connectivity index (χ0n) is 19.5. The smallest absolute Gasteiger partial charge is 0.256 e. The quantitative estimate of drug-likeness (QED) is 0.480. The molecule has 0 fully saturated rings. The summed E-state index contributed by atoms with van der Waals surface area (Å²) >= 11 is 6.58. The van der Waals surface area contributed by atoms with Crippen molar-refractivity contribution in [3.05, 3.63) is 112 Å². The molecule has 0 radical (unpaired) electrons. The summed E-state index contributed by atoms with van der Waals surface area (Å²) in [7, 11) is 0. The Balaban J connectivity index is 1.43. The third kappa shape index (κ3) is 4.19. The Morgan fingerprint density at radius 3 is 2.71 bits per heavy atom. The highest BCUT2D eigenvalue weighted by Gasteiger charge is 2.41. The minimum absolute atomic E-state index is 0.174. The number of halogens is 2. The van der Waals surface area contributed by atoms with Crippen LogP contribution in [0.1, 0.15) is 45.3 Å². The molecule has 2 aliphatic rings. The Hall–Kier alpha value is -3.64. The van der Waals surface area contributed by atoms with E-state index in [1.165, 1.54) is 12.1 Å². The van der Waals surface area contributed by atoms with Gasteiger partial charge in [-0.2, -0.15) is 0 Å². The Kier molecular flexibility index (Phi) is 5.85. The minimum Gasteiger partial charge on any atom is -0.346 e. The lowest BCUT2D eigenvalue weighted by Gasteiger charge is -2.42. The van der Waals surface area contributed by atoms with Crippen molar-refractivity contribution < 1.29 is 14.0 Å². The fourth-order valence-corrected chi connectivity index (χ4v) is 5.07. The summed E-state index contributed by atoms with van der Waals surface area (Å²) in [4.78, 5) is 28.4. The molecule has 1 aromatic heterocycles. The van der Waals surface area contributed by atoms with Crippen LogP contribution in [0, 0.1) is 12.7 Å². The van der Waals surface area contributed by atoms with Crippen LogP contribution in [0.4, 0.5) is 10.1 Å². The molecule has 35 heavy (non-hydrogen) atoms. The zero-order valence-corrected chi connectivity index (χ0v) is 20.3. The van der Waals surface area contributed by atoms with Gasteiger partial charge in [0, 0.05) is 29.7 Å². The van der Waals surface area contributed by atoms with E-state index in [0.29, 0.717) is 29.8 Å². The number of amides is 2. The summed E-state index contributed by atoms with van der Waals surface area (Å²) in [6, 6.07) is 12.9. The van der Waals surface area contributed by atoms with Gasteiger partial charge in [-0.25, -0.2) is 4.39 Å². The van der Waals surface area contributed by atoms with Crippen LogP contribution in [0.15, 0.2) is 78.5 Å². The Labute approximate surface area is 208 Å². The second-order valence-corrected chi connectivity index (χ2v) is 9.63. The number of hydrogen-bond acceptors (Lipinski definition) is 2. The number of rotatable bonds is 3. The van der Waals surface area contributed by atoms with Crippen molar-refractivity contribution in [1.82, 2.24) is 9.47 Å². The van der Waals surface area contributed by atoms with Crippen molar-refractivity contribution in [3.63, 3.8) is 0 Å². The Morgan fingerprint density at radius 1 is 1.09 bits per heavy atom. The zero-order chi connectivity index (χ0) is 24.7. The van der Waals surface area contributed by atoms with E-state index in [2.05, 4.69) is 29.0 Å². The molecule has 2 aromatic carbocycles. The van der Waals surface area contributed by atoms with E-state index in [4.69, 9.17) is 11.6 Å². The molecule has 0 saturated carbocycles. The third-order valence-corrected chi connectivity index (χ3v) is 7.28. The Bertz CT molecular complexity index is 1410. The van der Waals surface area contributed by atoms with Crippen molar-refractivity contribution in [2.45, 2.75) is 38.9 Å². The van der Waals surface area contributed by atoms with Crippen molar-refractivity contribution in [2.75, 3.05) is 5.32 Å². The Morgan fingerprint density at radius 2 is 1.91 bits per heavy atom. The van der Waals surface area contributed by atoms with E-state index in [-0.39, 0.29) is 16.5 Å². The third-order valence-electron chi connectivity index (χ3n) is 6.97. The minimum atomic E-state index is -0.484. The summed E-state index contributed by atoms with van der Waals surface area (Å²) < 4.78 is 15.8. The molecule has 7 heteroatoms. The fourth-order valence-electron chi connectivity index (χ4n) is 4.81. The molecule has 1 unspecified atom stereocenters. The summed E-state index contributed by atoms with van der Waals surface area (Å²) in [5.41, 5.74) is 3.43. The van der Waals surface area contributed by atoms with Crippen LogP contribution in [-0.4, -0.2) is 26.8 Å². The molecule has 2 amide bonds. The van der Waals surface area contributed by atoms with Crippen LogP contribution in [0.3, 0.4) is 0 Å². The van der Waals surface area contributed by atoms with Gasteiger partial charge in [-0.3, -0.25) is 9.59 Å². The van der Waals surface area contributed by atoms with E-state index in [0.717, 1.165) is 17.8 Å². The second-order valence-electron chi connectivity index (χ2n) is 9.22. The van der Waals surface area contributed by atoms with Gasteiger partial charge in [-0.15, -0.1) is 0 Å². The SMILES string of the molecule is Cc1ccc(F)cc1C(=O)Nc1ccc(C(=O)N2Cc3cccn3CC3=CC=CCC32C)c(Cl)c1. The van der Waals surface area contributed by atoms with Gasteiger partial charge in [0.15, 0.2) is 0 Å². The molecule has 3 aromatic rings. The highest BCUT2D eigenvalue weighted by molar-refractivity contribution is 6.34. The van der Waals surface area contributed by atoms with E-state index in [1.54, 1.807) is 31.2 Å². The van der Waals surface area contributed by atoms with Crippen LogP contribution in [0.2, 0.25) is 5.02 Å². The number of anilines is 1. The molecule has 5 nitrogen and oxygen atoms in total. The maximum absolute atomic E-state index is 13.9. The molecule has 178 valence electrons. The van der Waals surface area contributed by atoms with Gasteiger partial charge in [-0.1, -0.05) is 35.9 Å². The molecule has 2 heterocycles. The molecular weight excluding hydrogens is 465 g/mol. The molecular formula is C28H25ClFN3O2. The molecule has 0 bridgehead atoms. The van der Waals surface area contributed by atoms with Gasteiger partial charge in [0.2, 0.25) is 0 Å². The number of fused-ring (bicyclic) bond motifs is 2. The lowest BCUT2D eigenvalue weighted by atomic mass is 9.82. The molecule has 1 N–H and O–H groups in total. The molecule has 1 atom stereocenters. The number of nitrogens with zero attached hydrogens (tertiary/aromatic N) is 2. The molecule has 5 rings (SSSR count). The van der Waals surface area contributed by atoms with Crippen LogP contribution in [-0.2, 0) is 13.1 Å². The first-order valence-electron chi connectivity index (χ1n) is 11.5. The van der Waals surface area contributed by atoms with Gasteiger partial charge >= 0.3 is 0 Å². The largest absolute Gasteiger partial charge is 0.346 e. The standard InChI is InChI=1S/C28H25ClFN3O2/c1-18-8-9-20(30)14-24(18)26(34)31-21-10-11-23(25(29)15-21)27(35)33-17-22-7-5-13-32(22)16-19-6-3-4-12-28(19,33)2/h3-11,13-15H,12,16-17H2,1-2H3,(H,31,34). The fraction of sp³-hybridized carbons (Fsp3) is 0.214. The molecule has 0 saturated heterocycles. The van der Waals surface area contributed by atoms with Crippen molar-refractivity contribution in [3.8, 4) is 0 Å². The van der Waals surface area contributed by atoms with Crippen molar-refractivity contribution in [1.29, 1.82) is 0 Å². The highest BCUT2D eigenvalue weighted by atomic mass is 35.5. The van der Waals surface area contributed by atoms with Crippen LogP contribution < -0.4 is 5.32 Å². The number of carbonyl (C=O) groups excluding carboxylic acids is 2. The number of nitrogens with one attached hydrogen (secondary N) is 1. The maximum Gasteiger partial charge on any atom is 0.256 e. The maximum atomic E-state index is 13.9. The van der Waals surface area contributed by atoms with Crippen LogP contribution in [0.5, 0.6) is 0 Å². The predicted octanol–water partition coefficient (Wildman–Crippen LogP) is 6.14. The van der Waals surface area contributed by atoms with Crippen molar-refractivity contribution in [2.24, 2.45) is 0 Å². The lowest BCUT2D eigenvalue weighted by molar-refractivity contribution is 0.0563. The normalized spacial score (nSPS) is 18.9. The average Bonchev–Trinajstić information content (AvgIpc) is 3.22. The van der Waals surface area contributed by atoms with Gasteiger partial charge in [0.25, 0.3) is 11.8 Å². The van der Waals surface area contributed by atoms with Gasteiger partial charge in [0.05, 0.1) is 22.7 Å². The molecule has 0 spiro atoms. The predicted molar refractivity (Wildman–Crippen MR) is 135 cm³/mol. The first-order valence-corrected chi connectivity index (χ1v) is 11.8.